The van der Waals surface area contributed by atoms with Crippen molar-refractivity contribution in [2.75, 3.05) is 25.6 Å². The molecular weight excluding hydrogens is 472 g/mol. The molecule has 1 aromatic heterocycles. The van der Waals surface area contributed by atoms with Gasteiger partial charge < -0.3 is 15.4 Å². The van der Waals surface area contributed by atoms with E-state index in [1.54, 1.807) is 0 Å². The van der Waals surface area contributed by atoms with Gasteiger partial charge in [0.25, 0.3) is 21.8 Å². The Bertz CT molecular complexity index is 1280. The van der Waals surface area contributed by atoms with Crippen LogP contribution in [-0.4, -0.2) is 51.4 Å². The normalized spacial score (nSPS) is 10.9. The number of carbonyl (C=O) groups excluding carboxylic acids is 3. The minimum atomic E-state index is -4.18. The second kappa shape index (κ2) is 11.9. The minimum absolute atomic E-state index is 0.0354. The van der Waals surface area contributed by atoms with Gasteiger partial charge in [0, 0.05) is 25.5 Å². The third-order valence-corrected chi connectivity index (χ3v) is 6.08. The van der Waals surface area contributed by atoms with Crippen molar-refractivity contribution in [2.24, 2.45) is 0 Å². The van der Waals surface area contributed by atoms with Crippen molar-refractivity contribution in [2.45, 2.75) is 11.3 Å². The first-order chi connectivity index (χ1) is 16.8. The molecule has 0 unspecified atom stereocenters. The number of amides is 3. The first kappa shape index (κ1) is 25.5. The van der Waals surface area contributed by atoms with Gasteiger partial charge in [-0.2, -0.15) is 0 Å². The smallest absolute Gasteiger partial charge is 0.269 e. The number of sulfonamides is 1. The zero-order valence-corrected chi connectivity index (χ0v) is 19.7. The molecule has 0 saturated carbocycles. The zero-order chi connectivity index (χ0) is 25.3. The molecular formula is C24H24N4O6S. The molecule has 0 radical (unpaired) electrons. The highest BCUT2D eigenvalue weighted by molar-refractivity contribution is 7.90. The summed E-state index contributed by atoms with van der Waals surface area (Å²) >= 11 is 0. The minimum Gasteiger partial charge on any atom is -0.383 e. The Morgan fingerprint density at radius 1 is 0.914 bits per heavy atom. The van der Waals surface area contributed by atoms with Gasteiger partial charge in [0.05, 0.1) is 23.5 Å². The highest BCUT2D eigenvalue weighted by Gasteiger charge is 2.19. The number of nitrogens with one attached hydrogen (secondary N) is 3. The first-order valence-electron chi connectivity index (χ1n) is 10.5. The van der Waals surface area contributed by atoms with E-state index in [1.807, 2.05) is 35.1 Å². The molecule has 0 aliphatic rings. The van der Waals surface area contributed by atoms with Crippen molar-refractivity contribution in [3.63, 3.8) is 0 Å². The Morgan fingerprint density at radius 3 is 2.26 bits per heavy atom. The largest absolute Gasteiger partial charge is 0.383 e. The highest BCUT2D eigenvalue weighted by atomic mass is 32.2. The van der Waals surface area contributed by atoms with Crippen LogP contribution in [0.15, 0.2) is 77.8 Å². The number of hydrogen-bond acceptors (Lipinski definition) is 7. The predicted octanol–water partition coefficient (Wildman–Crippen LogP) is 1.76. The standard InChI is InChI=1S/C24H24N4O6S/c1-34-14-13-25-24(31)21-12-7-18(16-26-21)23(30)28-35(32,33)20-10-8-19(9-11-20)27-22(29)15-17-5-3-2-4-6-17/h2-12,16H,13-15H2,1H3,(H,25,31)(H,27,29)(H,28,30). The van der Waals surface area contributed by atoms with Gasteiger partial charge in [0.2, 0.25) is 5.91 Å². The molecule has 0 fully saturated rings. The molecule has 3 aromatic rings. The number of anilines is 1. The van der Waals surface area contributed by atoms with Gasteiger partial charge in [-0.05, 0) is 42.0 Å². The van der Waals surface area contributed by atoms with Gasteiger partial charge in [0.15, 0.2) is 0 Å². The molecule has 3 amide bonds. The fourth-order valence-electron chi connectivity index (χ4n) is 2.96. The molecule has 35 heavy (non-hydrogen) atoms. The summed E-state index contributed by atoms with van der Waals surface area (Å²) in [5.74, 6) is -1.59. The van der Waals surface area contributed by atoms with Crippen LogP contribution in [0.4, 0.5) is 5.69 Å². The number of rotatable bonds is 10. The average Bonchev–Trinajstić information content (AvgIpc) is 2.85. The fourth-order valence-corrected chi connectivity index (χ4v) is 3.94. The lowest BCUT2D eigenvalue weighted by Crippen LogP contribution is -2.31. The molecule has 0 aliphatic heterocycles. The van der Waals surface area contributed by atoms with Crippen molar-refractivity contribution < 1.29 is 27.5 Å². The summed E-state index contributed by atoms with van der Waals surface area (Å²) in [5, 5.41) is 5.28. The monoisotopic (exact) mass is 496 g/mol. The first-order valence-corrected chi connectivity index (χ1v) is 12.0. The van der Waals surface area contributed by atoms with E-state index in [0.717, 1.165) is 11.8 Å². The molecule has 3 rings (SSSR count). The van der Waals surface area contributed by atoms with E-state index in [1.165, 1.54) is 43.5 Å². The van der Waals surface area contributed by atoms with Gasteiger partial charge >= 0.3 is 0 Å². The molecule has 11 heteroatoms. The molecule has 0 saturated heterocycles. The zero-order valence-electron chi connectivity index (χ0n) is 18.9. The quantitative estimate of drug-likeness (QED) is 0.363. The molecule has 0 atom stereocenters. The molecule has 2 aromatic carbocycles. The van der Waals surface area contributed by atoms with Crippen LogP contribution in [0.3, 0.4) is 0 Å². The maximum atomic E-state index is 12.6. The number of carbonyl (C=O) groups is 3. The van der Waals surface area contributed by atoms with E-state index >= 15 is 0 Å². The van der Waals surface area contributed by atoms with Crippen LogP contribution < -0.4 is 15.4 Å². The molecule has 1 heterocycles. The summed E-state index contributed by atoms with van der Waals surface area (Å²) in [4.78, 5) is 40.3. The summed E-state index contributed by atoms with van der Waals surface area (Å²) in [6.45, 7) is 0.637. The van der Waals surface area contributed by atoms with Crippen molar-refractivity contribution in [1.29, 1.82) is 0 Å². The molecule has 10 nitrogen and oxygen atoms in total. The topological polar surface area (TPSA) is 144 Å². The van der Waals surface area contributed by atoms with Crippen molar-refractivity contribution in [1.82, 2.24) is 15.0 Å². The Labute approximate surface area is 202 Å². The van der Waals surface area contributed by atoms with Crippen LogP contribution in [0.25, 0.3) is 0 Å². The van der Waals surface area contributed by atoms with Gasteiger partial charge in [-0.25, -0.2) is 13.1 Å². The molecule has 0 aliphatic carbocycles. The Hall–Kier alpha value is -4.09. The Balaban J connectivity index is 1.58. The number of aromatic nitrogens is 1. The lowest BCUT2D eigenvalue weighted by Gasteiger charge is -2.09. The van der Waals surface area contributed by atoms with E-state index in [9.17, 15) is 22.8 Å². The van der Waals surface area contributed by atoms with Gasteiger partial charge in [-0.1, -0.05) is 30.3 Å². The highest BCUT2D eigenvalue weighted by Crippen LogP contribution is 2.15. The summed E-state index contributed by atoms with van der Waals surface area (Å²) in [6, 6.07) is 17.2. The summed E-state index contributed by atoms with van der Waals surface area (Å²) < 4.78 is 32.0. The summed E-state index contributed by atoms with van der Waals surface area (Å²) in [5.41, 5.74) is 1.30. The number of hydrogen-bond donors (Lipinski definition) is 3. The van der Waals surface area contributed by atoms with E-state index < -0.39 is 21.8 Å². The van der Waals surface area contributed by atoms with E-state index in [4.69, 9.17) is 4.74 Å². The van der Waals surface area contributed by atoms with Gasteiger partial charge in [0.1, 0.15) is 5.69 Å². The third-order valence-electron chi connectivity index (χ3n) is 4.73. The van der Waals surface area contributed by atoms with Crippen molar-refractivity contribution in [3.05, 3.63) is 89.7 Å². The number of nitrogens with zero attached hydrogens (tertiary/aromatic N) is 1. The van der Waals surface area contributed by atoms with Crippen LogP contribution in [0.5, 0.6) is 0 Å². The fraction of sp³-hybridized carbons (Fsp3) is 0.167. The second-order valence-corrected chi connectivity index (χ2v) is 9.03. The summed E-state index contributed by atoms with van der Waals surface area (Å²) in [7, 11) is -2.67. The van der Waals surface area contributed by atoms with Crippen LogP contribution in [-0.2, 0) is 26.0 Å². The maximum Gasteiger partial charge on any atom is 0.269 e. The van der Waals surface area contributed by atoms with Crippen LogP contribution in [0.2, 0.25) is 0 Å². The third kappa shape index (κ3) is 7.45. The Morgan fingerprint density at radius 2 is 1.63 bits per heavy atom. The molecule has 3 N–H and O–H groups in total. The number of ether oxygens (including phenoxy) is 1. The second-order valence-electron chi connectivity index (χ2n) is 7.35. The molecule has 182 valence electrons. The number of pyridine rings is 1. The lowest BCUT2D eigenvalue weighted by atomic mass is 10.1. The Kier molecular flexibility index (Phi) is 8.65. The summed E-state index contributed by atoms with van der Waals surface area (Å²) in [6.07, 6.45) is 1.29. The number of benzene rings is 2. The maximum absolute atomic E-state index is 12.6. The SMILES string of the molecule is COCCNC(=O)c1ccc(C(=O)NS(=O)(=O)c2ccc(NC(=O)Cc3ccccc3)cc2)cn1. The average molecular weight is 497 g/mol. The van der Waals surface area contributed by atoms with Crippen LogP contribution >= 0.6 is 0 Å². The predicted molar refractivity (Wildman–Crippen MR) is 128 cm³/mol. The van der Waals surface area contributed by atoms with Crippen molar-refractivity contribution in [3.8, 4) is 0 Å². The van der Waals surface area contributed by atoms with Crippen molar-refractivity contribution >= 4 is 33.4 Å². The van der Waals surface area contributed by atoms with Crippen LogP contribution in [0.1, 0.15) is 26.4 Å². The van der Waals surface area contributed by atoms with E-state index in [0.29, 0.717) is 18.8 Å². The number of methoxy groups -OCH3 is 1. The lowest BCUT2D eigenvalue weighted by molar-refractivity contribution is -0.115. The van der Waals surface area contributed by atoms with Gasteiger partial charge in [-0.3, -0.25) is 19.4 Å². The van der Waals surface area contributed by atoms with Crippen LogP contribution in [0, 0.1) is 0 Å². The van der Waals surface area contributed by atoms with Gasteiger partial charge in [-0.15, -0.1) is 0 Å². The molecule has 0 bridgehead atoms. The van der Waals surface area contributed by atoms with E-state index in [-0.39, 0.29) is 28.5 Å². The molecule has 0 spiro atoms. The van der Waals surface area contributed by atoms with E-state index in [2.05, 4.69) is 15.6 Å².